The van der Waals surface area contributed by atoms with Gasteiger partial charge in [0, 0.05) is 22.8 Å². The van der Waals surface area contributed by atoms with Crippen LogP contribution >= 0.6 is 11.8 Å². The van der Waals surface area contributed by atoms with Gasteiger partial charge in [-0.05, 0) is 105 Å². The van der Waals surface area contributed by atoms with Crippen LogP contribution in [0.3, 0.4) is 0 Å². The van der Waals surface area contributed by atoms with Crippen LogP contribution in [-0.2, 0) is 14.3 Å². The summed E-state index contributed by atoms with van der Waals surface area (Å²) in [4.78, 5) is 51.3. The summed E-state index contributed by atoms with van der Waals surface area (Å²) in [6.45, 7) is 7.79. The van der Waals surface area contributed by atoms with Crippen LogP contribution in [0.2, 0.25) is 0 Å². The molecule has 0 unspecified atom stereocenters. The number of methoxy groups -OCH3 is 1. The second-order valence-electron chi connectivity index (χ2n) is 8.93. The fourth-order valence-electron chi connectivity index (χ4n) is 4.38. The van der Waals surface area contributed by atoms with E-state index >= 15 is 0 Å². The van der Waals surface area contributed by atoms with E-state index in [1.54, 1.807) is 42.5 Å². The van der Waals surface area contributed by atoms with Crippen LogP contribution < -0.4 is 10.1 Å². The molecule has 9 nitrogen and oxygen atoms in total. The zero-order valence-electron chi connectivity index (χ0n) is 22.4. The second kappa shape index (κ2) is 11.6. The summed E-state index contributed by atoms with van der Waals surface area (Å²) in [5.41, 5.74) is 5.31. The number of thioether (sulfide) groups is 1. The number of imide groups is 1. The van der Waals surface area contributed by atoms with Crippen LogP contribution in [0.5, 0.6) is 5.75 Å². The molecule has 1 N–H and O–H groups in total. The Morgan fingerprint density at radius 1 is 1.03 bits per heavy atom. The van der Waals surface area contributed by atoms with E-state index in [9.17, 15) is 19.2 Å². The SMILES string of the molecule is CCOc1ccc(NC(=O)CN2C(=O)S/C(=C/c3cc(C)n(-c4ccc(C(=O)OC)cc4C)c3C)C2=O)cc1. The van der Waals surface area contributed by atoms with Gasteiger partial charge in [0.1, 0.15) is 12.3 Å². The molecule has 0 atom stereocenters. The molecule has 0 spiro atoms. The predicted molar refractivity (Wildman–Crippen MR) is 150 cm³/mol. The van der Waals surface area contributed by atoms with Gasteiger partial charge in [0.25, 0.3) is 11.1 Å². The topological polar surface area (TPSA) is 107 Å². The number of rotatable bonds is 8. The fourth-order valence-corrected chi connectivity index (χ4v) is 5.21. The van der Waals surface area contributed by atoms with E-state index in [0.29, 0.717) is 23.6 Å². The van der Waals surface area contributed by atoms with Crippen molar-refractivity contribution in [2.45, 2.75) is 27.7 Å². The van der Waals surface area contributed by atoms with Gasteiger partial charge in [0.2, 0.25) is 5.91 Å². The van der Waals surface area contributed by atoms with Crippen molar-refractivity contribution in [3.63, 3.8) is 0 Å². The maximum absolute atomic E-state index is 13.1. The first-order valence-corrected chi connectivity index (χ1v) is 13.1. The van der Waals surface area contributed by atoms with E-state index < -0.39 is 23.0 Å². The highest BCUT2D eigenvalue weighted by Crippen LogP contribution is 2.34. The third-order valence-corrected chi connectivity index (χ3v) is 7.15. The molecule has 1 aromatic heterocycles. The molecule has 1 fully saturated rings. The lowest BCUT2D eigenvalue weighted by Crippen LogP contribution is -2.36. The molecule has 2 aromatic carbocycles. The van der Waals surface area contributed by atoms with Crippen molar-refractivity contribution < 1.29 is 28.7 Å². The Hall–Kier alpha value is -4.31. The third-order valence-electron chi connectivity index (χ3n) is 6.24. The number of carbonyl (C=O) groups excluding carboxylic acids is 4. The molecular weight excluding hydrogens is 518 g/mol. The Morgan fingerprint density at radius 2 is 1.74 bits per heavy atom. The summed E-state index contributed by atoms with van der Waals surface area (Å²) in [5.74, 6) is -0.725. The summed E-state index contributed by atoms with van der Waals surface area (Å²) >= 11 is 0.804. The van der Waals surface area contributed by atoms with Crippen LogP contribution in [0.1, 0.15) is 39.8 Å². The monoisotopic (exact) mass is 547 g/mol. The predicted octanol–water partition coefficient (Wildman–Crippen LogP) is 5.26. The van der Waals surface area contributed by atoms with Crippen molar-refractivity contribution in [3.8, 4) is 11.4 Å². The average Bonchev–Trinajstić information content (AvgIpc) is 3.33. The Labute approximate surface area is 230 Å². The van der Waals surface area contributed by atoms with E-state index in [4.69, 9.17) is 9.47 Å². The van der Waals surface area contributed by atoms with Gasteiger partial charge in [0.05, 0.1) is 24.2 Å². The number of aromatic nitrogens is 1. The maximum Gasteiger partial charge on any atom is 0.337 e. The van der Waals surface area contributed by atoms with Crippen LogP contribution in [0.4, 0.5) is 10.5 Å². The van der Waals surface area contributed by atoms with Gasteiger partial charge in [-0.2, -0.15) is 0 Å². The molecule has 202 valence electrons. The molecule has 10 heteroatoms. The first-order valence-electron chi connectivity index (χ1n) is 12.3. The molecule has 0 radical (unpaired) electrons. The zero-order valence-corrected chi connectivity index (χ0v) is 23.2. The quantitative estimate of drug-likeness (QED) is 0.303. The molecule has 1 aliphatic heterocycles. The minimum Gasteiger partial charge on any atom is -0.494 e. The number of hydrogen-bond acceptors (Lipinski definition) is 7. The molecule has 0 saturated carbocycles. The van der Waals surface area contributed by atoms with Crippen LogP contribution in [0, 0.1) is 20.8 Å². The van der Waals surface area contributed by atoms with Gasteiger partial charge in [-0.3, -0.25) is 19.3 Å². The van der Waals surface area contributed by atoms with Gasteiger partial charge < -0.3 is 19.4 Å². The van der Waals surface area contributed by atoms with Crippen molar-refractivity contribution in [2.75, 3.05) is 25.6 Å². The Kier molecular flexibility index (Phi) is 8.25. The van der Waals surface area contributed by atoms with Crippen molar-refractivity contribution in [1.29, 1.82) is 0 Å². The van der Waals surface area contributed by atoms with Crippen molar-refractivity contribution in [2.24, 2.45) is 0 Å². The van der Waals surface area contributed by atoms with E-state index in [-0.39, 0.29) is 11.4 Å². The first kappa shape index (κ1) is 27.7. The summed E-state index contributed by atoms with van der Waals surface area (Å²) in [6.07, 6.45) is 1.67. The molecule has 0 aliphatic carbocycles. The smallest absolute Gasteiger partial charge is 0.337 e. The average molecular weight is 548 g/mol. The summed E-state index contributed by atoms with van der Waals surface area (Å²) < 4.78 is 12.2. The number of carbonyl (C=O) groups is 4. The molecule has 0 bridgehead atoms. The molecule has 1 aliphatic rings. The van der Waals surface area contributed by atoms with Gasteiger partial charge in [-0.25, -0.2) is 4.79 Å². The van der Waals surface area contributed by atoms with E-state index in [1.807, 2.05) is 44.4 Å². The highest BCUT2D eigenvalue weighted by molar-refractivity contribution is 8.18. The molecule has 3 aromatic rings. The number of anilines is 1. The molecule has 2 heterocycles. The summed E-state index contributed by atoms with van der Waals surface area (Å²) in [7, 11) is 1.34. The third kappa shape index (κ3) is 5.91. The molecule has 3 amide bonds. The van der Waals surface area contributed by atoms with Gasteiger partial charge in [-0.15, -0.1) is 0 Å². The van der Waals surface area contributed by atoms with E-state index in [1.165, 1.54) is 7.11 Å². The minimum atomic E-state index is -0.518. The number of ether oxygens (including phenoxy) is 2. The molecule has 1 saturated heterocycles. The van der Waals surface area contributed by atoms with E-state index in [0.717, 1.165) is 44.9 Å². The number of esters is 1. The highest BCUT2D eigenvalue weighted by atomic mass is 32.2. The Balaban J connectivity index is 1.50. The van der Waals surface area contributed by atoms with Crippen molar-refractivity contribution >= 4 is 46.5 Å². The second-order valence-corrected chi connectivity index (χ2v) is 9.92. The van der Waals surface area contributed by atoms with Gasteiger partial charge in [-0.1, -0.05) is 0 Å². The molecule has 4 rings (SSSR count). The van der Waals surface area contributed by atoms with Crippen LogP contribution in [-0.4, -0.2) is 52.8 Å². The number of amides is 3. The van der Waals surface area contributed by atoms with Crippen LogP contribution in [0.25, 0.3) is 11.8 Å². The van der Waals surface area contributed by atoms with Crippen molar-refractivity contribution in [3.05, 3.63) is 81.5 Å². The summed E-state index contributed by atoms with van der Waals surface area (Å²) in [6, 6.07) is 14.1. The lowest BCUT2D eigenvalue weighted by Gasteiger charge is -2.14. The van der Waals surface area contributed by atoms with Crippen molar-refractivity contribution in [1.82, 2.24) is 9.47 Å². The number of aryl methyl sites for hydroxylation is 2. The van der Waals surface area contributed by atoms with Crippen LogP contribution in [0.15, 0.2) is 53.4 Å². The van der Waals surface area contributed by atoms with E-state index in [2.05, 4.69) is 5.32 Å². The maximum atomic E-state index is 13.1. The number of nitrogens with one attached hydrogen (secondary N) is 1. The Morgan fingerprint density at radius 3 is 2.38 bits per heavy atom. The Bertz CT molecular complexity index is 1490. The zero-order chi connectivity index (χ0) is 28.3. The largest absolute Gasteiger partial charge is 0.494 e. The summed E-state index contributed by atoms with van der Waals surface area (Å²) in [5, 5.41) is 2.20. The standard InChI is InChI=1S/C29H29N3O6S/c1-6-38-23-10-8-22(9-11-23)30-26(33)16-31-27(34)25(39-29(31)36)15-21-14-18(3)32(19(21)4)24-12-7-20(13-17(24)2)28(35)37-5/h7-15H,6,16H2,1-5H3,(H,30,33)/b25-15+. The number of nitrogens with zero attached hydrogens (tertiary/aromatic N) is 2. The first-order chi connectivity index (χ1) is 18.6. The number of hydrogen-bond donors (Lipinski definition) is 1. The lowest BCUT2D eigenvalue weighted by atomic mass is 10.1. The lowest BCUT2D eigenvalue weighted by molar-refractivity contribution is -0.127. The fraction of sp³-hybridized carbons (Fsp3) is 0.241. The molecule has 39 heavy (non-hydrogen) atoms. The minimum absolute atomic E-state index is 0.242. The van der Waals surface area contributed by atoms with Gasteiger partial charge in [0.15, 0.2) is 0 Å². The normalized spacial score (nSPS) is 14.2. The number of benzene rings is 2. The molecular formula is C29H29N3O6S. The highest BCUT2D eigenvalue weighted by Gasteiger charge is 2.36. The van der Waals surface area contributed by atoms with Gasteiger partial charge >= 0.3 is 5.97 Å².